The van der Waals surface area contributed by atoms with Gasteiger partial charge in [0.1, 0.15) is 11.5 Å². The fourth-order valence-electron chi connectivity index (χ4n) is 2.80. The van der Waals surface area contributed by atoms with Crippen molar-refractivity contribution in [2.45, 2.75) is 13.3 Å². The third kappa shape index (κ3) is 6.30. The summed E-state index contributed by atoms with van der Waals surface area (Å²) in [5.41, 5.74) is 1.22. The topological polar surface area (TPSA) is 89.7 Å². The number of allylic oxidation sites excluding steroid dienone is 3. The standard InChI is InChI=1S/C24H24N2O5/c1-3-30-23-14-18(6-13-22(23)27)16-26-25-15-17-4-9-21(10-5-17)31-24(28)19-7-11-20(29-2)12-8-19/h4,6-17,27H,3,5H2,1-2H3/b25-15+,26-16+. The van der Waals surface area contributed by atoms with Crippen molar-refractivity contribution in [3.05, 3.63) is 77.6 Å². The molecule has 0 fully saturated rings. The molecular formula is C24H24N2O5. The fourth-order valence-corrected chi connectivity index (χ4v) is 2.80. The van der Waals surface area contributed by atoms with Crippen molar-refractivity contribution in [1.29, 1.82) is 0 Å². The van der Waals surface area contributed by atoms with Gasteiger partial charge in [0.2, 0.25) is 0 Å². The van der Waals surface area contributed by atoms with Gasteiger partial charge in [-0.15, -0.1) is 0 Å². The zero-order valence-electron chi connectivity index (χ0n) is 17.4. The van der Waals surface area contributed by atoms with Gasteiger partial charge < -0.3 is 19.3 Å². The van der Waals surface area contributed by atoms with Gasteiger partial charge in [0.15, 0.2) is 11.5 Å². The summed E-state index contributed by atoms with van der Waals surface area (Å²) in [5.74, 6) is 1.31. The van der Waals surface area contributed by atoms with E-state index in [1.165, 1.54) is 0 Å². The van der Waals surface area contributed by atoms with E-state index in [1.54, 1.807) is 68.1 Å². The average Bonchev–Trinajstić information content (AvgIpc) is 2.80. The molecule has 1 aliphatic rings. The molecule has 0 amide bonds. The first-order chi connectivity index (χ1) is 15.1. The van der Waals surface area contributed by atoms with Crippen LogP contribution in [0, 0.1) is 5.92 Å². The maximum atomic E-state index is 12.2. The number of hydrogen-bond donors (Lipinski definition) is 1. The Bertz CT molecular complexity index is 1020. The molecule has 2 aromatic carbocycles. The second kappa shape index (κ2) is 10.8. The first-order valence-electron chi connectivity index (χ1n) is 9.86. The summed E-state index contributed by atoms with van der Waals surface area (Å²) in [6.45, 7) is 2.31. The maximum Gasteiger partial charge on any atom is 0.343 e. The minimum absolute atomic E-state index is 0.0550. The lowest BCUT2D eigenvalue weighted by atomic mass is 10.0. The molecule has 3 rings (SSSR count). The zero-order chi connectivity index (χ0) is 22.1. The molecule has 2 aromatic rings. The molecule has 1 unspecified atom stereocenters. The molecule has 1 atom stereocenters. The van der Waals surface area contributed by atoms with Gasteiger partial charge in [0.05, 0.1) is 25.5 Å². The highest BCUT2D eigenvalue weighted by molar-refractivity contribution is 5.90. The van der Waals surface area contributed by atoms with Crippen LogP contribution in [0.2, 0.25) is 0 Å². The Kier molecular flexibility index (Phi) is 7.59. The van der Waals surface area contributed by atoms with Crippen molar-refractivity contribution in [3.63, 3.8) is 0 Å². The van der Waals surface area contributed by atoms with E-state index in [9.17, 15) is 9.90 Å². The summed E-state index contributed by atoms with van der Waals surface area (Å²) < 4.78 is 15.8. The van der Waals surface area contributed by atoms with E-state index in [4.69, 9.17) is 14.2 Å². The number of ether oxygens (including phenoxy) is 3. The quantitative estimate of drug-likeness (QED) is 0.385. The van der Waals surface area contributed by atoms with Crippen LogP contribution in [-0.4, -0.2) is 37.2 Å². The van der Waals surface area contributed by atoms with Gasteiger partial charge in [-0.1, -0.05) is 6.08 Å². The molecule has 1 N–H and O–H groups in total. The lowest BCUT2D eigenvalue weighted by Crippen LogP contribution is -2.08. The Morgan fingerprint density at radius 2 is 2.00 bits per heavy atom. The van der Waals surface area contributed by atoms with Crippen molar-refractivity contribution in [3.8, 4) is 17.2 Å². The van der Waals surface area contributed by atoms with Crippen LogP contribution in [0.4, 0.5) is 0 Å². The number of benzene rings is 2. The predicted octanol–water partition coefficient (Wildman–Crippen LogP) is 4.52. The predicted molar refractivity (Wildman–Crippen MR) is 119 cm³/mol. The van der Waals surface area contributed by atoms with E-state index >= 15 is 0 Å². The first kappa shape index (κ1) is 21.8. The van der Waals surface area contributed by atoms with Crippen LogP contribution in [0.15, 0.2) is 76.7 Å². The van der Waals surface area contributed by atoms with Crippen molar-refractivity contribution >= 4 is 18.4 Å². The largest absolute Gasteiger partial charge is 0.504 e. The SMILES string of the molecule is CCOc1cc(/C=N/N=C/C2C=CC(OC(=O)c3ccc(OC)cc3)=CC2)ccc1O. The minimum Gasteiger partial charge on any atom is -0.504 e. The molecule has 0 saturated carbocycles. The third-order valence-corrected chi connectivity index (χ3v) is 4.45. The molecule has 7 heteroatoms. The Hall–Kier alpha value is -3.87. The smallest absolute Gasteiger partial charge is 0.343 e. The van der Waals surface area contributed by atoms with Crippen molar-refractivity contribution < 1.29 is 24.1 Å². The number of carbonyl (C=O) groups excluding carboxylic acids is 1. The number of phenols is 1. The van der Waals surface area contributed by atoms with Crippen LogP contribution < -0.4 is 9.47 Å². The third-order valence-electron chi connectivity index (χ3n) is 4.45. The van der Waals surface area contributed by atoms with E-state index in [1.807, 2.05) is 19.1 Å². The molecule has 7 nitrogen and oxygen atoms in total. The van der Waals surface area contributed by atoms with E-state index in [0.717, 1.165) is 5.56 Å². The van der Waals surface area contributed by atoms with Crippen LogP contribution in [0.25, 0.3) is 0 Å². The Morgan fingerprint density at radius 1 is 1.19 bits per heavy atom. The number of nitrogens with zero attached hydrogens (tertiary/aromatic N) is 2. The van der Waals surface area contributed by atoms with Gasteiger partial charge in [-0.2, -0.15) is 10.2 Å². The summed E-state index contributed by atoms with van der Waals surface area (Å²) in [5, 5.41) is 17.8. The van der Waals surface area contributed by atoms with Crippen LogP contribution in [-0.2, 0) is 4.74 Å². The van der Waals surface area contributed by atoms with E-state index in [-0.39, 0.29) is 11.7 Å². The molecule has 0 aliphatic heterocycles. The van der Waals surface area contributed by atoms with Crippen LogP contribution >= 0.6 is 0 Å². The molecule has 160 valence electrons. The highest BCUT2D eigenvalue weighted by Crippen LogP contribution is 2.26. The summed E-state index contributed by atoms with van der Waals surface area (Å²) in [7, 11) is 1.57. The van der Waals surface area contributed by atoms with Crippen LogP contribution in [0.1, 0.15) is 29.3 Å². The summed E-state index contributed by atoms with van der Waals surface area (Å²) in [6.07, 6.45) is 9.45. The molecule has 0 saturated heterocycles. The molecule has 0 heterocycles. The first-order valence-corrected chi connectivity index (χ1v) is 9.86. The van der Waals surface area contributed by atoms with Crippen LogP contribution in [0.3, 0.4) is 0 Å². The number of rotatable bonds is 8. The number of phenolic OH excluding ortho intramolecular Hbond substituents is 1. The summed E-state index contributed by atoms with van der Waals surface area (Å²) >= 11 is 0. The Balaban J connectivity index is 1.50. The Labute approximate surface area is 181 Å². The van der Waals surface area contributed by atoms with Crippen LogP contribution in [0.5, 0.6) is 17.2 Å². The lowest BCUT2D eigenvalue weighted by molar-refractivity contribution is 0.0635. The molecule has 31 heavy (non-hydrogen) atoms. The number of hydrogen-bond acceptors (Lipinski definition) is 7. The minimum atomic E-state index is -0.421. The number of methoxy groups -OCH3 is 1. The van der Waals surface area contributed by atoms with Gasteiger partial charge in [-0.25, -0.2) is 4.79 Å². The molecular weight excluding hydrogens is 396 g/mol. The molecule has 1 aliphatic carbocycles. The van der Waals surface area contributed by atoms with Gasteiger partial charge in [0.25, 0.3) is 0 Å². The van der Waals surface area contributed by atoms with Crippen molar-refractivity contribution in [1.82, 2.24) is 0 Å². The lowest BCUT2D eigenvalue weighted by Gasteiger charge is -2.12. The van der Waals surface area contributed by atoms with Gasteiger partial charge in [-0.05, 0) is 73.5 Å². The maximum absolute atomic E-state index is 12.2. The Morgan fingerprint density at radius 3 is 2.68 bits per heavy atom. The molecule has 0 aromatic heterocycles. The average molecular weight is 420 g/mol. The van der Waals surface area contributed by atoms with Gasteiger partial charge in [0, 0.05) is 12.1 Å². The molecule has 0 radical (unpaired) electrons. The second-order valence-electron chi connectivity index (χ2n) is 6.65. The van der Waals surface area contributed by atoms with Crippen molar-refractivity contribution in [2.75, 3.05) is 13.7 Å². The van der Waals surface area contributed by atoms with E-state index in [0.29, 0.717) is 35.8 Å². The number of carbonyl (C=O) groups is 1. The zero-order valence-corrected chi connectivity index (χ0v) is 17.4. The van der Waals surface area contributed by atoms with Gasteiger partial charge >= 0.3 is 5.97 Å². The van der Waals surface area contributed by atoms with Gasteiger partial charge in [-0.3, -0.25) is 0 Å². The second-order valence-corrected chi connectivity index (χ2v) is 6.65. The molecule has 0 spiro atoms. The summed E-state index contributed by atoms with van der Waals surface area (Å²) in [6, 6.07) is 11.7. The molecule has 0 bridgehead atoms. The number of esters is 1. The summed E-state index contributed by atoms with van der Waals surface area (Å²) in [4.78, 5) is 12.2. The monoisotopic (exact) mass is 420 g/mol. The fraction of sp³-hybridized carbons (Fsp3) is 0.208. The number of aromatic hydroxyl groups is 1. The highest BCUT2D eigenvalue weighted by atomic mass is 16.5. The highest BCUT2D eigenvalue weighted by Gasteiger charge is 2.13. The van der Waals surface area contributed by atoms with E-state index < -0.39 is 5.97 Å². The van der Waals surface area contributed by atoms with Crippen molar-refractivity contribution in [2.24, 2.45) is 16.1 Å². The van der Waals surface area contributed by atoms with E-state index in [2.05, 4.69) is 10.2 Å². The normalized spacial score (nSPS) is 15.8.